The Bertz CT molecular complexity index is 793. The van der Waals surface area contributed by atoms with Crippen molar-refractivity contribution in [3.63, 3.8) is 0 Å². The number of allylic oxidation sites excluding steroid dienone is 5. The molecule has 136 valence electrons. The Kier molecular flexibility index (Phi) is 6.60. The Labute approximate surface area is 156 Å². The molecule has 0 bridgehead atoms. The molecule has 0 saturated heterocycles. The number of aryl methyl sites for hydroxylation is 1. The molecule has 26 heavy (non-hydrogen) atoms. The fourth-order valence-electron chi connectivity index (χ4n) is 2.30. The predicted octanol–water partition coefficient (Wildman–Crippen LogP) is 3.82. The number of benzene rings is 1. The van der Waals surface area contributed by atoms with E-state index in [1.807, 2.05) is 55.5 Å². The van der Waals surface area contributed by atoms with Crippen molar-refractivity contribution in [2.45, 2.75) is 52.2 Å². The highest BCUT2D eigenvalue weighted by Crippen LogP contribution is 2.14. The molecule has 1 unspecified atom stereocenters. The average Bonchev–Trinajstić information content (AvgIpc) is 2.54. The normalized spacial score (nSPS) is 15.6. The SMILES string of the molecule is Cc1ccc(C#CC2=CC=C(C(=O)NC(C)C(C)(C)O)CCC=C2)cc1. The Morgan fingerprint density at radius 1 is 1.19 bits per heavy atom. The quantitative estimate of drug-likeness (QED) is 0.815. The van der Waals surface area contributed by atoms with Crippen LogP contribution in [0.1, 0.15) is 44.7 Å². The first-order valence-corrected chi connectivity index (χ1v) is 8.95. The van der Waals surface area contributed by atoms with Crippen molar-refractivity contribution in [3.8, 4) is 11.8 Å². The zero-order chi connectivity index (χ0) is 19.2. The van der Waals surface area contributed by atoms with Crippen LogP contribution in [0.15, 0.2) is 59.7 Å². The fourth-order valence-corrected chi connectivity index (χ4v) is 2.30. The topological polar surface area (TPSA) is 49.3 Å². The van der Waals surface area contributed by atoms with Crippen molar-refractivity contribution < 1.29 is 9.90 Å². The van der Waals surface area contributed by atoms with Gasteiger partial charge in [0.25, 0.3) is 0 Å². The molecular formula is C23H27NO2. The summed E-state index contributed by atoms with van der Waals surface area (Å²) in [7, 11) is 0. The van der Waals surface area contributed by atoms with E-state index >= 15 is 0 Å². The summed E-state index contributed by atoms with van der Waals surface area (Å²) in [6.45, 7) is 7.22. The number of carbonyl (C=O) groups is 1. The van der Waals surface area contributed by atoms with Crippen LogP contribution in [0.2, 0.25) is 0 Å². The van der Waals surface area contributed by atoms with Crippen LogP contribution < -0.4 is 5.32 Å². The minimum Gasteiger partial charge on any atom is -0.388 e. The molecule has 1 aromatic carbocycles. The number of aliphatic hydroxyl groups is 1. The van der Waals surface area contributed by atoms with Gasteiger partial charge in [-0.25, -0.2) is 0 Å². The van der Waals surface area contributed by atoms with Crippen molar-refractivity contribution in [2.75, 3.05) is 0 Å². The summed E-state index contributed by atoms with van der Waals surface area (Å²) in [4.78, 5) is 12.5. The van der Waals surface area contributed by atoms with Crippen molar-refractivity contribution in [1.82, 2.24) is 5.32 Å². The second kappa shape index (κ2) is 8.69. The van der Waals surface area contributed by atoms with Gasteiger partial charge in [0, 0.05) is 16.7 Å². The minimum absolute atomic E-state index is 0.142. The van der Waals surface area contributed by atoms with Gasteiger partial charge in [0.2, 0.25) is 5.91 Å². The van der Waals surface area contributed by atoms with E-state index in [0.717, 1.165) is 17.6 Å². The van der Waals surface area contributed by atoms with Crippen molar-refractivity contribution in [1.29, 1.82) is 0 Å². The summed E-state index contributed by atoms with van der Waals surface area (Å²) >= 11 is 0. The number of amides is 1. The van der Waals surface area contributed by atoms with E-state index < -0.39 is 5.60 Å². The highest BCUT2D eigenvalue weighted by atomic mass is 16.3. The molecule has 0 aliphatic heterocycles. The molecule has 0 aromatic heterocycles. The molecule has 3 heteroatoms. The molecule has 1 aromatic rings. The van der Waals surface area contributed by atoms with Gasteiger partial charge in [0.1, 0.15) is 0 Å². The number of carbonyl (C=O) groups excluding carboxylic acids is 1. The van der Waals surface area contributed by atoms with E-state index in [4.69, 9.17) is 0 Å². The smallest absolute Gasteiger partial charge is 0.247 e. The summed E-state index contributed by atoms with van der Waals surface area (Å²) in [6.07, 6.45) is 9.17. The second-order valence-corrected chi connectivity index (χ2v) is 7.22. The third kappa shape index (κ3) is 6.06. The first-order valence-electron chi connectivity index (χ1n) is 8.95. The predicted molar refractivity (Wildman–Crippen MR) is 106 cm³/mol. The van der Waals surface area contributed by atoms with Crippen LogP contribution in [0.25, 0.3) is 0 Å². The zero-order valence-electron chi connectivity index (χ0n) is 16.0. The molecule has 2 N–H and O–H groups in total. The Hall–Kier alpha value is -2.57. The molecule has 1 aliphatic rings. The van der Waals surface area contributed by atoms with Gasteiger partial charge in [-0.2, -0.15) is 0 Å². The van der Waals surface area contributed by atoms with Crippen LogP contribution in [0.4, 0.5) is 0 Å². The van der Waals surface area contributed by atoms with Crippen LogP contribution in [0.3, 0.4) is 0 Å². The van der Waals surface area contributed by atoms with E-state index in [0.29, 0.717) is 12.0 Å². The Morgan fingerprint density at radius 3 is 2.54 bits per heavy atom. The second-order valence-electron chi connectivity index (χ2n) is 7.22. The van der Waals surface area contributed by atoms with Gasteiger partial charge >= 0.3 is 0 Å². The maximum atomic E-state index is 12.5. The summed E-state index contributed by atoms with van der Waals surface area (Å²) in [5.41, 5.74) is 2.77. The molecule has 1 amide bonds. The van der Waals surface area contributed by atoms with Gasteiger partial charge in [0.15, 0.2) is 0 Å². The zero-order valence-corrected chi connectivity index (χ0v) is 16.0. The van der Waals surface area contributed by atoms with Crippen LogP contribution >= 0.6 is 0 Å². The van der Waals surface area contributed by atoms with Crippen LogP contribution in [-0.4, -0.2) is 22.7 Å². The van der Waals surface area contributed by atoms with Crippen molar-refractivity contribution >= 4 is 5.91 Å². The molecule has 1 atom stereocenters. The minimum atomic E-state index is -0.960. The molecule has 1 aliphatic carbocycles. The van der Waals surface area contributed by atoms with Gasteiger partial charge in [-0.05, 0) is 58.7 Å². The molecule has 0 fully saturated rings. The van der Waals surface area contributed by atoms with E-state index in [2.05, 4.69) is 17.2 Å². The Morgan fingerprint density at radius 2 is 1.88 bits per heavy atom. The molecule has 3 nitrogen and oxygen atoms in total. The summed E-state index contributed by atoms with van der Waals surface area (Å²) in [5, 5.41) is 12.9. The maximum absolute atomic E-state index is 12.5. The standard InChI is InChI=1S/C23H27NO2/c1-17-9-11-20(12-10-17)14-13-19-7-5-6-8-21(16-15-19)22(25)24-18(2)23(3,4)26/h5,7,9-12,15-16,18,26H,6,8H2,1-4H3,(H,24,25). The number of hydrogen-bond donors (Lipinski definition) is 2. The maximum Gasteiger partial charge on any atom is 0.247 e. The number of hydrogen-bond acceptors (Lipinski definition) is 2. The molecule has 2 rings (SSSR count). The lowest BCUT2D eigenvalue weighted by molar-refractivity contribution is -0.119. The summed E-state index contributed by atoms with van der Waals surface area (Å²) in [6, 6.07) is 7.75. The first kappa shape index (κ1) is 19.8. The van der Waals surface area contributed by atoms with E-state index in [1.165, 1.54) is 5.56 Å². The monoisotopic (exact) mass is 349 g/mol. The molecular weight excluding hydrogens is 322 g/mol. The Balaban J connectivity index is 2.15. The van der Waals surface area contributed by atoms with Crippen LogP contribution in [-0.2, 0) is 4.79 Å². The third-order valence-electron chi connectivity index (χ3n) is 4.44. The average molecular weight is 349 g/mol. The van der Waals surface area contributed by atoms with Crippen LogP contribution in [0.5, 0.6) is 0 Å². The number of rotatable bonds is 3. The van der Waals surface area contributed by atoms with Crippen molar-refractivity contribution in [3.05, 3.63) is 70.8 Å². The molecule has 0 spiro atoms. The van der Waals surface area contributed by atoms with Gasteiger partial charge in [-0.15, -0.1) is 0 Å². The highest BCUT2D eigenvalue weighted by Gasteiger charge is 2.24. The number of nitrogens with one attached hydrogen (secondary N) is 1. The van der Waals surface area contributed by atoms with Gasteiger partial charge in [-0.1, -0.05) is 47.8 Å². The first-order chi connectivity index (χ1) is 12.3. The van der Waals surface area contributed by atoms with E-state index in [9.17, 15) is 9.90 Å². The molecule has 0 heterocycles. The van der Waals surface area contributed by atoms with Crippen LogP contribution in [0, 0.1) is 18.8 Å². The largest absolute Gasteiger partial charge is 0.388 e. The van der Waals surface area contributed by atoms with E-state index in [1.54, 1.807) is 20.8 Å². The molecule has 0 radical (unpaired) electrons. The third-order valence-corrected chi connectivity index (χ3v) is 4.44. The fraction of sp³-hybridized carbons (Fsp3) is 0.348. The summed E-state index contributed by atoms with van der Waals surface area (Å²) in [5.74, 6) is 6.17. The van der Waals surface area contributed by atoms with Gasteiger partial charge in [0.05, 0.1) is 11.6 Å². The molecule has 0 saturated carbocycles. The van der Waals surface area contributed by atoms with Gasteiger partial charge < -0.3 is 10.4 Å². The lowest BCUT2D eigenvalue weighted by atomic mass is 9.99. The lowest BCUT2D eigenvalue weighted by Gasteiger charge is -2.27. The highest BCUT2D eigenvalue weighted by molar-refractivity contribution is 5.94. The van der Waals surface area contributed by atoms with E-state index in [-0.39, 0.29) is 11.9 Å². The van der Waals surface area contributed by atoms with Gasteiger partial charge in [-0.3, -0.25) is 4.79 Å². The van der Waals surface area contributed by atoms with Crippen molar-refractivity contribution in [2.24, 2.45) is 0 Å². The lowest BCUT2D eigenvalue weighted by Crippen LogP contribution is -2.47. The summed E-state index contributed by atoms with van der Waals surface area (Å²) < 4.78 is 0.